The van der Waals surface area contributed by atoms with Crippen molar-refractivity contribution in [2.45, 2.75) is 12.5 Å². The molecule has 0 aromatic heterocycles. The van der Waals surface area contributed by atoms with Crippen molar-refractivity contribution < 1.29 is 19.4 Å². The summed E-state index contributed by atoms with van der Waals surface area (Å²) in [4.78, 5) is 10.8. The second kappa shape index (κ2) is 9.20. The molecule has 0 fully saturated rings. The first-order chi connectivity index (χ1) is 9.56. The summed E-state index contributed by atoms with van der Waals surface area (Å²) in [7, 11) is 0. The molecular weight excluding hydrogens is 394 g/mol. The first-order valence-corrected chi connectivity index (χ1v) is 8.31. The van der Waals surface area contributed by atoms with Crippen LogP contribution in [0.1, 0.15) is 5.56 Å². The first kappa shape index (κ1) is 17.3. The molecular formula is C13H17Br2NO4. The number of carbonyl (C=O) groups is 1. The van der Waals surface area contributed by atoms with Gasteiger partial charge in [-0.15, -0.1) is 0 Å². The highest BCUT2D eigenvalue weighted by Crippen LogP contribution is 2.24. The zero-order chi connectivity index (χ0) is 15.0. The van der Waals surface area contributed by atoms with Gasteiger partial charge in [0.25, 0.3) is 0 Å². The molecule has 20 heavy (non-hydrogen) atoms. The molecule has 0 aliphatic carbocycles. The number of nitrogens with two attached hydrogens (primary N) is 1. The standard InChI is InChI=1S/C13H17Br2NO4/c14-1-3-19-10-5-9(7-12(16)13(17)18)6-11(8-10)20-4-2-15/h5-6,8,12H,1-4,7,16H2,(H,17,18). The second-order valence-corrected chi connectivity index (χ2v) is 5.62. The Labute approximate surface area is 134 Å². The van der Waals surface area contributed by atoms with Crippen molar-refractivity contribution in [3.63, 3.8) is 0 Å². The minimum Gasteiger partial charge on any atom is -0.493 e. The van der Waals surface area contributed by atoms with Gasteiger partial charge in [-0.25, -0.2) is 0 Å². The fraction of sp³-hybridized carbons (Fsp3) is 0.462. The van der Waals surface area contributed by atoms with Crippen LogP contribution in [0.4, 0.5) is 0 Å². The Bertz CT molecular complexity index is 416. The van der Waals surface area contributed by atoms with Gasteiger partial charge in [0.05, 0.1) is 13.2 Å². The van der Waals surface area contributed by atoms with Crippen LogP contribution in [0.15, 0.2) is 18.2 Å². The minimum atomic E-state index is -1.03. The molecule has 0 heterocycles. The number of aliphatic carboxylic acids is 1. The summed E-state index contributed by atoms with van der Waals surface area (Å²) in [5.41, 5.74) is 6.33. The Morgan fingerprint density at radius 1 is 1.15 bits per heavy atom. The number of alkyl halides is 2. The van der Waals surface area contributed by atoms with Gasteiger partial charge in [-0.05, 0) is 24.1 Å². The maximum Gasteiger partial charge on any atom is 0.320 e. The van der Waals surface area contributed by atoms with E-state index in [4.69, 9.17) is 20.3 Å². The molecule has 1 unspecified atom stereocenters. The predicted octanol–water partition coefficient (Wildman–Crippen LogP) is 2.19. The van der Waals surface area contributed by atoms with Crippen LogP contribution in [0, 0.1) is 0 Å². The third kappa shape index (κ3) is 6.11. The average Bonchev–Trinajstić information content (AvgIpc) is 2.42. The molecule has 0 aliphatic rings. The Morgan fingerprint density at radius 2 is 1.65 bits per heavy atom. The fourth-order valence-corrected chi connectivity index (χ4v) is 1.89. The van der Waals surface area contributed by atoms with Crippen LogP contribution in [0.5, 0.6) is 11.5 Å². The highest BCUT2D eigenvalue weighted by atomic mass is 79.9. The highest BCUT2D eigenvalue weighted by molar-refractivity contribution is 9.09. The normalized spacial score (nSPS) is 11.9. The van der Waals surface area contributed by atoms with Gasteiger partial charge in [-0.2, -0.15) is 0 Å². The molecule has 0 bridgehead atoms. The summed E-state index contributed by atoms with van der Waals surface area (Å²) in [5, 5.41) is 10.3. The Hall–Kier alpha value is -0.790. The molecule has 0 amide bonds. The maximum absolute atomic E-state index is 10.8. The molecule has 1 atom stereocenters. The summed E-state index contributed by atoms with van der Waals surface area (Å²) >= 11 is 6.57. The van der Waals surface area contributed by atoms with Gasteiger partial charge in [0.2, 0.25) is 0 Å². The van der Waals surface area contributed by atoms with Crippen molar-refractivity contribution in [2.75, 3.05) is 23.9 Å². The lowest BCUT2D eigenvalue weighted by Gasteiger charge is -2.13. The number of hydrogen-bond donors (Lipinski definition) is 2. The Kier molecular flexibility index (Phi) is 7.94. The molecule has 7 heteroatoms. The van der Waals surface area contributed by atoms with Gasteiger partial charge in [0, 0.05) is 16.7 Å². The smallest absolute Gasteiger partial charge is 0.320 e. The number of carboxylic acids is 1. The first-order valence-electron chi connectivity index (χ1n) is 6.06. The lowest BCUT2D eigenvalue weighted by molar-refractivity contribution is -0.138. The van der Waals surface area contributed by atoms with Crippen molar-refractivity contribution in [1.82, 2.24) is 0 Å². The zero-order valence-electron chi connectivity index (χ0n) is 10.9. The largest absolute Gasteiger partial charge is 0.493 e. The Morgan fingerprint density at radius 3 is 2.05 bits per heavy atom. The lowest BCUT2D eigenvalue weighted by Crippen LogP contribution is -2.32. The van der Waals surface area contributed by atoms with Crippen LogP contribution >= 0.6 is 31.9 Å². The van der Waals surface area contributed by atoms with E-state index in [9.17, 15) is 4.79 Å². The van der Waals surface area contributed by atoms with E-state index in [1.165, 1.54) is 0 Å². The molecule has 0 saturated carbocycles. The van der Waals surface area contributed by atoms with E-state index in [1.807, 2.05) is 0 Å². The SMILES string of the molecule is NC(Cc1cc(OCCBr)cc(OCCBr)c1)C(=O)O. The van der Waals surface area contributed by atoms with Crippen LogP contribution in [-0.2, 0) is 11.2 Å². The summed E-state index contributed by atoms with van der Waals surface area (Å²) in [6.07, 6.45) is 0.228. The van der Waals surface area contributed by atoms with Crippen molar-refractivity contribution >= 4 is 37.8 Å². The van der Waals surface area contributed by atoms with E-state index in [2.05, 4.69) is 31.9 Å². The molecule has 3 N–H and O–H groups in total. The topological polar surface area (TPSA) is 81.8 Å². The molecule has 1 rings (SSSR count). The van der Waals surface area contributed by atoms with E-state index in [0.29, 0.717) is 35.4 Å². The minimum absolute atomic E-state index is 0.228. The summed E-state index contributed by atoms with van der Waals surface area (Å²) in [6, 6.07) is 4.41. The van der Waals surface area contributed by atoms with Crippen molar-refractivity contribution in [2.24, 2.45) is 5.73 Å². The number of carboxylic acid groups (broad SMARTS) is 1. The highest BCUT2D eigenvalue weighted by Gasteiger charge is 2.13. The predicted molar refractivity (Wildman–Crippen MR) is 84.3 cm³/mol. The van der Waals surface area contributed by atoms with Gasteiger partial charge in [0.1, 0.15) is 17.5 Å². The van der Waals surface area contributed by atoms with Crippen molar-refractivity contribution in [1.29, 1.82) is 0 Å². The van der Waals surface area contributed by atoms with E-state index in [1.54, 1.807) is 18.2 Å². The maximum atomic E-state index is 10.8. The van der Waals surface area contributed by atoms with Crippen LogP contribution < -0.4 is 15.2 Å². The number of rotatable bonds is 9. The van der Waals surface area contributed by atoms with Crippen LogP contribution in [-0.4, -0.2) is 41.0 Å². The van der Waals surface area contributed by atoms with E-state index >= 15 is 0 Å². The van der Waals surface area contributed by atoms with Crippen molar-refractivity contribution in [3.05, 3.63) is 23.8 Å². The lowest BCUT2D eigenvalue weighted by atomic mass is 10.1. The molecule has 112 valence electrons. The van der Waals surface area contributed by atoms with E-state index < -0.39 is 12.0 Å². The quantitative estimate of drug-likeness (QED) is 0.610. The number of hydrogen-bond acceptors (Lipinski definition) is 4. The summed E-state index contributed by atoms with van der Waals surface area (Å²) in [5.74, 6) is 0.257. The summed E-state index contributed by atoms with van der Waals surface area (Å²) in [6.45, 7) is 1.04. The molecule has 1 aromatic rings. The van der Waals surface area contributed by atoms with E-state index in [-0.39, 0.29) is 6.42 Å². The molecule has 0 saturated heterocycles. The fourth-order valence-electron chi connectivity index (χ4n) is 1.57. The molecule has 1 aromatic carbocycles. The second-order valence-electron chi connectivity index (χ2n) is 4.04. The van der Waals surface area contributed by atoms with Crippen LogP contribution in [0.2, 0.25) is 0 Å². The number of benzene rings is 1. The van der Waals surface area contributed by atoms with Crippen LogP contribution in [0.25, 0.3) is 0 Å². The third-order valence-electron chi connectivity index (χ3n) is 2.40. The van der Waals surface area contributed by atoms with Gasteiger partial charge < -0.3 is 20.3 Å². The number of ether oxygens (including phenoxy) is 2. The van der Waals surface area contributed by atoms with Crippen LogP contribution in [0.3, 0.4) is 0 Å². The average molecular weight is 411 g/mol. The molecule has 0 radical (unpaired) electrons. The van der Waals surface area contributed by atoms with Gasteiger partial charge in [-0.3, -0.25) is 4.79 Å². The summed E-state index contributed by atoms with van der Waals surface area (Å²) < 4.78 is 11.1. The Balaban J connectivity index is 2.87. The zero-order valence-corrected chi connectivity index (χ0v) is 14.0. The molecule has 0 spiro atoms. The molecule has 0 aliphatic heterocycles. The third-order valence-corrected chi connectivity index (χ3v) is 3.05. The van der Waals surface area contributed by atoms with Crippen molar-refractivity contribution in [3.8, 4) is 11.5 Å². The van der Waals surface area contributed by atoms with E-state index in [0.717, 1.165) is 5.56 Å². The number of halogens is 2. The van der Waals surface area contributed by atoms with Gasteiger partial charge >= 0.3 is 5.97 Å². The monoisotopic (exact) mass is 409 g/mol. The molecule has 5 nitrogen and oxygen atoms in total. The van der Waals surface area contributed by atoms with Gasteiger partial charge in [-0.1, -0.05) is 31.9 Å². The van der Waals surface area contributed by atoms with Gasteiger partial charge in [0.15, 0.2) is 0 Å².